The molecule has 118 valence electrons. The van der Waals surface area contributed by atoms with Gasteiger partial charge in [-0.25, -0.2) is 4.39 Å². The highest BCUT2D eigenvalue weighted by Crippen LogP contribution is 2.34. The molecule has 23 heavy (non-hydrogen) atoms. The molecule has 2 aromatic rings. The summed E-state index contributed by atoms with van der Waals surface area (Å²) in [4.78, 5) is 6.32. The minimum absolute atomic E-state index is 0.199. The number of aromatic nitrogens is 1. The van der Waals surface area contributed by atoms with Gasteiger partial charge in [-0.05, 0) is 23.6 Å². The number of pyridine rings is 1. The van der Waals surface area contributed by atoms with Crippen molar-refractivity contribution < 1.29 is 9.13 Å². The Hall–Kier alpha value is -2.04. The minimum Gasteiger partial charge on any atom is -0.378 e. The minimum atomic E-state index is -0.241. The normalized spacial score (nSPS) is 24.3. The van der Waals surface area contributed by atoms with Gasteiger partial charge in [0.25, 0.3) is 0 Å². The molecule has 1 aromatic heterocycles. The maximum atomic E-state index is 14.0. The van der Waals surface area contributed by atoms with Crippen LogP contribution in [-0.4, -0.2) is 35.2 Å². The maximum absolute atomic E-state index is 14.0. The Bertz CT molecular complexity index is 716. The summed E-state index contributed by atoms with van der Waals surface area (Å²) in [6.07, 6.45) is 5.92. The molecule has 2 aliphatic heterocycles. The third-order valence-corrected chi connectivity index (χ3v) is 4.67. The Balaban J connectivity index is 1.62. The summed E-state index contributed by atoms with van der Waals surface area (Å²) in [6.45, 7) is 2.27. The van der Waals surface area contributed by atoms with Gasteiger partial charge < -0.3 is 4.74 Å². The van der Waals surface area contributed by atoms with Crippen molar-refractivity contribution in [1.29, 1.82) is 0 Å². The Labute approximate surface area is 135 Å². The van der Waals surface area contributed by atoms with E-state index in [2.05, 4.69) is 40.2 Å². The van der Waals surface area contributed by atoms with E-state index in [1.807, 2.05) is 6.07 Å². The zero-order chi connectivity index (χ0) is 15.6. The Kier molecular flexibility index (Phi) is 3.93. The summed E-state index contributed by atoms with van der Waals surface area (Å²) in [5.41, 5.74) is 3.06. The lowest BCUT2D eigenvalue weighted by molar-refractivity contribution is -0.0403. The van der Waals surface area contributed by atoms with E-state index < -0.39 is 0 Å². The lowest BCUT2D eigenvalue weighted by Gasteiger charge is -2.44. The first-order chi connectivity index (χ1) is 11.3. The summed E-state index contributed by atoms with van der Waals surface area (Å²) in [5.74, 6) is -0.241. The fraction of sp³-hybridized carbons (Fsp3) is 0.316. The first kappa shape index (κ1) is 14.5. The van der Waals surface area contributed by atoms with Gasteiger partial charge in [-0.3, -0.25) is 9.88 Å². The van der Waals surface area contributed by atoms with Crippen LogP contribution in [0, 0.1) is 5.82 Å². The van der Waals surface area contributed by atoms with E-state index in [1.165, 1.54) is 11.8 Å². The Morgan fingerprint density at radius 3 is 2.83 bits per heavy atom. The third-order valence-electron chi connectivity index (χ3n) is 4.67. The predicted molar refractivity (Wildman–Crippen MR) is 87.2 cm³/mol. The van der Waals surface area contributed by atoms with Crippen molar-refractivity contribution in [3.63, 3.8) is 0 Å². The summed E-state index contributed by atoms with van der Waals surface area (Å²) in [5, 5.41) is 0. The van der Waals surface area contributed by atoms with Crippen LogP contribution >= 0.6 is 0 Å². The highest BCUT2D eigenvalue weighted by molar-refractivity contribution is 5.68. The number of fused-ring (bicyclic) bond motifs is 2. The number of hydrogen-bond acceptors (Lipinski definition) is 3. The van der Waals surface area contributed by atoms with Gasteiger partial charge in [0.15, 0.2) is 0 Å². The number of morpholine rings is 1. The Morgan fingerprint density at radius 2 is 2.04 bits per heavy atom. The number of halogens is 1. The van der Waals surface area contributed by atoms with Gasteiger partial charge in [0.2, 0.25) is 0 Å². The molecule has 0 amide bonds. The van der Waals surface area contributed by atoms with Gasteiger partial charge in [0, 0.05) is 24.3 Å². The van der Waals surface area contributed by atoms with E-state index in [0.29, 0.717) is 24.8 Å². The van der Waals surface area contributed by atoms with Crippen LogP contribution in [0.4, 0.5) is 4.39 Å². The summed E-state index contributed by atoms with van der Waals surface area (Å²) in [6, 6.07) is 12.7. The van der Waals surface area contributed by atoms with Gasteiger partial charge in [-0.15, -0.1) is 0 Å². The number of ether oxygens (including phenoxy) is 1. The quantitative estimate of drug-likeness (QED) is 0.870. The number of nitrogens with zero attached hydrogens (tertiary/aromatic N) is 2. The lowest BCUT2D eigenvalue weighted by atomic mass is 9.89. The average molecular weight is 310 g/mol. The molecule has 0 spiro atoms. The number of hydrogen-bond donors (Lipinski definition) is 0. The SMILES string of the molecule is Fc1cnccc1C1=CC2COCC(C1)N2Cc1ccccc1. The molecule has 0 N–H and O–H groups in total. The van der Waals surface area contributed by atoms with Crippen LogP contribution in [0.1, 0.15) is 17.5 Å². The van der Waals surface area contributed by atoms with Gasteiger partial charge >= 0.3 is 0 Å². The zero-order valence-corrected chi connectivity index (χ0v) is 12.9. The second-order valence-corrected chi connectivity index (χ2v) is 6.17. The maximum Gasteiger partial charge on any atom is 0.148 e. The van der Waals surface area contributed by atoms with Crippen molar-refractivity contribution in [2.75, 3.05) is 13.2 Å². The van der Waals surface area contributed by atoms with E-state index in [-0.39, 0.29) is 11.9 Å². The molecule has 4 rings (SSSR count). The van der Waals surface area contributed by atoms with E-state index in [4.69, 9.17) is 4.74 Å². The zero-order valence-electron chi connectivity index (χ0n) is 12.9. The van der Waals surface area contributed by atoms with Crippen LogP contribution in [0.3, 0.4) is 0 Å². The first-order valence-electron chi connectivity index (χ1n) is 7.99. The van der Waals surface area contributed by atoms with Crippen molar-refractivity contribution in [2.45, 2.75) is 25.0 Å². The third kappa shape index (κ3) is 2.92. The molecule has 0 radical (unpaired) electrons. The molecule has 1 fully saturated rings. The number of rotatable bonds is 3. The fourth-order valence-electron chi connectivity index (χ4n) is 3.54. The van der Waals surface area contributed by atoms with Gasteiger partial charge in [0.1, 0.15) is 5.82 Å². The van der Waals surface area contributed by atoms with Crippen molar-refractivity contribution in [2.24, 2.45) is 0 Å². The van der Waals surface area contributed by atoms with Crippen LogP contribution < -0.4 is 0 Å². The van der Waals surface area contributed by atoms with Crippen molar-refractivity contribution in [3.05, 3.63) is 71.8 Å². The molecule has 1 aromatic carbocycles. The second-order valence-electron chi connectivity index (χ2n) is 6.17. The molecule has 2 bridgehead atoms. The standard InChI is InChI=1S/C19H19FN2O/c20-19-10-21-7-6-18(19)15-8-16-12-23-13-17(9-15)22(16)11-14-4-2-1-3-5-14/h1-8,10,16-17H,9,11-13H2. The van der Waals surface area contributed by atoms with Gasteiger partial charge in [0.05, 0.1) is 25.5 Å². The largest absolute Gasteiger partial charge is 0.378 e. The van der Waals surface area contributed by atoms with Crippen molar-refractivity contribution >= 4 is 5.57 Å². The summed E-state index contributed by atoms with van der Waals surface area (Å²) >= 11 is 0. The first-order valence-corrected chi connectivity index (χ1v) is 7.99. The predicted octanol–water partition coefficient (Wildman–Crippen LogP) is 3.28. The molecule has 3 heterocycles. The van der Waals surface area contributed by atoms with Crippen molar-refractivity contribution in [3.8, 4) is 0 Å². The van der Waals surface area contributed by atoms with E-state index in [0.717, 1.165) is 18.5 Å². The van der Waals surface area contributed by atoms with Crippen LogP contribution in [0.5, 0.6) is 0 Å². The summed E-state index contributed by atoms with van der Waals surface area (Å²) < 4.78 is 19.8. The summed E-state index contributed by atoms with van der Waals surface area (Å²) in [7, 11) is 0. The molecule has 1 saturated heterocycles. The highest BCUT2D eigenvalue weighted by Gasteiger charge is 2.35. The van der Waals surface area contributed by atoms with Crippen LogP contribution in [-0.2, 0) is 11.3 Å². The fourth-order valence-corrected chi connectivity index (χ4v) is 3.54. The lowest BCUT2D eigenvalue weighted by Crippen LogP contribution is -2.53. The second kappa shape index (κ2) is 6.22. The van der Waals surface area contributed by atoms with Crippen molar-refractivity contribution in [1.82, 2.24) is 9.88 Å². The highest BCUT2D eigenvalue weighted by atomic mass is 19.1. The average Bonchev–Trinajstić information content (AvgIpc) is 2.56. The Morgan fingerprint density at radius 1 is 1.17 bits per heavy atom. The topological polar surface area (TPSA) is 25.4 Å². The smallest absolute Gasteiger partial charge is 0.148 e. The van der Waals surface area contributed by atoms with E-state index in [1.54, 1.807) is 12.3 Å². The molecule has 3 nitrogen and oxygen atoms in total. The molecular formula is C19H19FN2O. The molecular weight excluding hydrogens is 291 g/mol. The molecule has 2 aliphatic rings. The molecule has 0 saturated carbocycles. The van der Waals surface area contributed by atoms with E-state index in [9.17, 15) is 4.39 Å². The van der Waals surface area contributed by atoms with E-state index >= 15 is 0 Å². The number of benzene rings is 1. The van der Waals surface area contributed by atoms with Gasteiger partial charge in [-0.2, -0.15) is 0 Å². The molecule has 2 atom stereocenters. The van der Waals surface area contributed by atoms with Crippen LogP contribution in [0.25, 0.3) is 5.57 Å². The molecule has 4 heteroatoms. The van der Waals surface area contributed by atoms with Crippen LogP contribution in [0.2, 0.25) is 0 Å². The molecule has 0 aliphatic carbocycles. The van der Waals surface area contributed by atoms with Gasteiger partial charge in [-0.1, -0.05) is 36.4 Å². The monoisotopic (exact) mass is 310 g/mol. The molecule has 2 unspecified atom stereocenters. The van der Waals surface area contributed by atoms with Crippen LogP contribution in [0.15, 0.2) is 54.9 Å².